The van der Waals surface area contributed by atoms with Gasteiger partial charge in [0.25, 0.3) is 5.91 Å². The predicted octanol–water partition coefficient (Wildman–Crippen LogP) is 4.89. The standard InChI is InChI=1S/C15H12BrClFNO2/c1-2-21-14-11(16)7-9(17)8-13(14)19-15(20)10-5-3-4-6-12(10)18/h3-8H,2H2,1H3,(H,19,20). The van der Waals surface area contributed by atoms with E-state index in [-0.39, 0.29) is 5.56 Å². The summed E-state index contributed by atoms with van der Waals surface area (Å²) in [6.07, 6.45) is 0. The molecule has 0 saturated carbocycles. The first kappa shape index (κ1) is 15.8. The summed E-state index contributed by atoms with van der Waals surface area (Å²) in [5.41, 5.74) is 0.334. The molecule has 0 aliphatic carbocycles. The molecule has 0 saturated heterocycles. The second-order valence-corrected chi connectivity index (χ2v) is 5.42. The number of anilines is 1. The Morgan fingerprint density at radius 3 is 2.76 bits per heavy atom. The molecule has 0 bridgehead atoms. The molecule has 2 rings (SSSR count). The molecule has 0 aromatic heterocycles. The van der Waals surface area contributed by atoms with E-state index >= 15 is 0 Å². The maximum atomic E-state index is 13.6. The number of rotatable bonds is 4. The van der Waals surface area contributed by atoms with E-state index in [4.69, 9.17) is 16.3 Å². The van der Waals surface area contributed by atoms with Crippen molar-refractivity contribution in [3.63, 3.8) is 0 Å². The Morgan fingerprint density at radius 1 is 1.38 bits per heavy atom. The summed E-state index contributed by atoms with van der Waals surface area (Å²) in [6.45, 7) is 2.24. The Balaban J connectivity index is 2.35. The Kier molecular flexibility index (Phi) is 5.20. The zero-order valence-electron chi connectivity index (χ0n) is 11.1. The molecule has 0 aliphatic rings. The van der Waals surface area contributed by atoms with Crippen molar-refractivity contribution in [2.45, 2.75) is 6.92 Å². The SMILES string of the molecule is CCOc1c(Br)cc(Cl)cc1NC(=O)c1ccccc1F. The summed E-state index contributed by atoms with van der Waals surface area (Å²) in [7, 11) is 0. The molecule has 2 aromatic carbocycles. The fraction of sp³-hybridized carbons (Fsp3) is 0.133. The molecule has 1 amide bonds. The third kappa shape index (κ3) is 3.74. The molecule has 0 unspecified atom stereocenters. The van der Waals surface area contributed by atoms with Gasteiger partial charge in [-0.2, -0.15) is 0 Å². The van der Waals surface area contributed by atoms with E-state index < -0.39 is 11.7 Å². The van der Waals surface area contributed by atoms with Crippen LogP contribution in [0.15, 0.2) is 40.9 Å². The van der Waals surface area contributed by atoms with Gasteiger partial charge in [0.05, 0.1) is 22.3 Å². The number of halogens is 3. The smallest absolute Gasteiger partial charge is 0.258 e. The Hall–Kier alpha value is -1.59. The van der Waals surface area contributed by atoms with E-state index in [9.17, 15) is 9.18 Å². The van der Waals surface area contributed by atoms with Gasteiger partial charge in [-0.15, -0.1) is 0 Å². The monoisotopic (exact) mass is 371 g/mol. The molecule has 6 heteroatoms. The summed E-state index contributed by atoms with van der Waals surface area (Å²) in [6, 6.07) is 8.96. The molecule has 0 heterocycles. The zero-order chi connectivity index (χ0) is 15.4. The molecule has 0 radical (unpaired) electrons. The average Bonchev–Trinajstić information content (AvgIpc) is 2.43. The van der Waals surface area contributed by atoms with Gasteiger partial charge in [0.1, 0.15) is 5.82 Å². The van der Waals surface area contributed by atoms with E-state index in [2.05, 4.69) is 21.2 Å². The number of ether oxygens (including phenoxy) is 1. The van der Waals surface area contributed by atoms with Crippen molar-refractivity contribution < 1.29 is 13.9 Å². The topological polar surface area (TPSA) is 38.3 Å². The normalized spacial score (nSPS) is 10.3. The molecule has 1 N–H and O–H groups in total. The highest BCUT2D eigenvalue weighted by molar-refractivity contribution is 9.10. The van der Waals surface area contributed by atoms with Crippen molar-refractivity contribution in [2.75, 3.05) is 11.9 Å². The Labute approximate surface area is 135 Å². The van der Waals surface area contributed by atoms with Gasteiger partial charge in [0, 0.05) is 5.02 Å². The van der Waals surface area contributed by atoms with E-state index in [1.807, 2.05) is 6.92 Å². The quantitative estimate of drug-likeness (QED) is 0.829. The second kappa shape index (κ2) is 6.91. The Bertz CT molecular complexity index is 679. The predicted molar refractivity (Wildman–Crippen MR) is 84.7 cm³/mol. The molecule has 0 spiro atoms. The molecular formula is C15H12BrClFNO2. The molecule has 0 aliphatic heterocycles. The van der Waals surface area contributed by atoms with Gasteiger partial charge in [-0.05, 0) is 47.1 Å². The van der Waals surface area contributed by atoms with Gasteiger partial charge in [0.15, 0.2) is 5.75 Å². The first-order valence-corrected chi connectivity index (χ1v) is 7.37. The van der Waals surface area contributed by atoms with Gasteiger partial charge < -0.3 is 10.1 Å². The minimum Gasteiger partial charge on any atom is -0.491 e. The molecule has 21 heavy (non-hydrogen) atoms. The third-order valence-corrected chi connectivity index (χ3v) is 3.47. The molecule has 0 atom stereocenters. The number of carbonyl (C=O) groups is 1. The number of benzene rings is 2. The zero-order valence-corrected chi connectivity index (χ0v) is 13.5. The molecule has 110 valence electrons. The van der Waals surface area contributed by atoms with Gasteiger partial charge in [-0.3, -0.25) is 4.79 Å². The molecular weight excluding hydrogens is 361 g/mol. The van der Waals surface area contributed by atoms with Crippen LogP contribution in [-0.2, 0) is 0 Å². The van der Waals surface area contributed by atoms with Crippen molar-refractivity contribution in [1.29, 1.82) is 0 Å². The minimum absolute atomic E-state index is 0.0453. The number of nitrogens with one attached hydrogen (secondary N) is 1. The van der Waals surface area contributed by atoms with Gasteiger partial charge in [-0.25, -0.2) is 4.39 Å². The van der Waals surface area contributed by atoms with Crippen molar-refractivity contribution >= 4 is 39.1 Å². The van der Waals surface area contributed by atoms with Gasteiger partial charge >= 0.3 is 0 Å². The minimum atomic E-state index is -0.589. The van der Waals surface area contributed by atoms with E-state index in [1.54, 1.807) is 18.2 Å². The fourth-order valence-electron chi connectivity index (χ4n) is 1.78. The maximum Gasteiger partial charge on any atom is 0.258 e. The van der Waals surface area contributed by atoms with Crippen molar-refractivity contribution in [1.82, 2.24) is 0 Å². The highest BCUT2D eigenvalue weighted by atomic mass is 79.9. The average molecular weight is 373 g/mol. The Morgan fingerprint density at radius 2 is 2.10 bits per heavy atom. The largest absolute Gasteiger partial charge is 0.491 e. The number of hydrogen-bond donors (Lipinski definition) is 1. The van der Waals surface area contributed by atoms with Crippen LogP contribution in [0.3, 0.4) is 0 Å². The second-order valence-electron chi connectivity index (χ2n) is 4.13. The van der Waals surface area contributed by atoms with E-state index in [1.165, 1.54) is 18.2 Å². The van der Waals surface area contributed by atoms with Crippen LogP contribution in [0, 0.1) is 5.82 Å². The van der Waals surface area contributed by atoms with Crippen molar-refractivity contribution in [2.24, 2.45) is 0 Å². The van der Waals surface area contributed by atoms with Crippen LogP contribution in [0.25, 0.3) is 0 Å². The lowest BCUT2D eigenvalue weighted by Crippen LogP contribution is -2.14. The van der Waals surface area contributed by atoms with E-state index in [0.717, 1.165) is 0 Å². The summed E-state index contributed by atoms with van der Waals surface area (Å²) >= 11 is 9.30. The highest BCUT2D eigenvalue weighted by Gasteiger charge is 2.16. The van der Waals surface area contributed by atoms with Crippen LogP contribution in [0.4, 0.5) is 10.1 Å². The molecule has 2 aromatic rings. The summed E-state index contributed by atoms with van der Waals surface area (Å²) in [4.78, 5) is 12.1. The third-order valence-electron chi connectivity index (χ3n) is 2.66. The number of carbonyl (C=O) groups excluding carboxylic acids is 1. The van der Waals surface area contributed by atoms with Crippen LogP contribution < -0.4 is 10.1 Å². The lowest BCUT2D eigenvalue weighted by Gasteiger charge is -2.14. The van der Waals surface area contributed by atoms with Gasteiger partial charge in [0.2, 0.25) is 0 Å². The number of hydrogen-bond acceptors (Lipinski definition) is 2. The van der Waals surface area contributed by atoms with Crippen LogP contribution >= 0.6 is 27.5 Å². The molecule has 0 fully saturated rings. The lowest BCUT2D eigenvalue weighted by molar-refractivity contribution is 0.102. The van der Waals surface area contributed by atoms with Gasteiger partial charge in [-0.1, -0.05) is 23.7 Å². The number of amides is 1. The summed E-state index contributed by atoms with van der Waals surface area (Å²) in [5.74, 6) is -0.705. The first-order valence-electron chi connectivity index (χ1n) is 6.20. The van der Waals surface area contributed by atoms with Crippen LogP contribution in [0.2, 0.25) is 5.02 Å². The highest BCUT2D eigenvalue weighted by Crippen LogP contribution is 2.36. The van der Waals surface area contributed by atoms with Crippen LogP contribution in [0.1, 0.15) is 17.3 Å². The van der Waals surface area contributed by atoms with Crippen molar-refractivity contribution in [3.05, 3.63) is 57.3 Å². The van der Waals surface area contributed by atoms with Crippen molar-refractivity contribution in [3.8, 4) is 5.75 Å². The summed E-state index contributed by atoms with van der Waals surface area (Å²) in [5, 5.41) is 3.04. The van der Waals surface area contributed by atoms with Crippen LogP contribution in [-0.4, -0.2) is 12.5 Å². The lowest BCUT2D eigenvalue weighted by atomic mass is 10.2. The van der Waals surface area contributed by atoms with E-state index in [0.29, 0.717) is 27.5 Å². The first-order chi connectivity index (χ1) is 10.0. The van der Waals surface area contributed by atoms with Crippen LogP contribution in [0.5, 0.6) is 5.75 Å². The molecule has 3 nitrogen and oxygen atoms in total. The fourth-order valence-corrected chi connectivity index (χ4v) is 2.70. The summed E-state index contributed by atoms with van der Waals surface area (Å²) < 4.78 is 19.7. The maximum absolute atomic E-state index is 13.6.